The Hall–Kier alpha value is -3.41. The second kappa shape index (κ2) is 8.38. The van der Waals surface area contributed by atoms with Gasteiger partial charge in [0.2, 0.25) is 5.91 Å². The first-order chi connectivity index (χ1) is 14.5. The molecule has 2 aromatic rings. The Morgan fingerprint density at radius 2 is 2.03 bits per heavy atom. The number of likely N-dealkylation sites (N-methyl/N-ethyl adjacent to an activating group) is 1. The third-order valence-corrected chi connectivity index (χ3v) is 5.02. The number of nitrogens with zero attached hydrogens (tertiary/aromatic N) is 5. The summed E-state index contributed by atoms with van der Waals surface area (Å²) < 4.78 is 27.6. The van der Waals surface area contributed by atoms with E-state index in [1.807, 2.05) is 0 Å². The highest BCUT2D eigenvalue weighted by atomic mass is 19.3. The molecule has 166 valence electrons. The summed E-state index contributed by atoms with van der Waals surface area (Å²) in [5, 5.41) is 25.6. The summed E-state index contributed by atoms with van der Waals surface area (Å²) in [6.07, 6.45) is 1.29. The minimum Gasteiger partial charge on any atom is -0.480 e. The van der Waals surface area contributed by atoms with Crippen LogP contribution >= 0.6 is 0 Å². The number of halogens is 2. The molecule has 0 saturated carbocycles. The highest BCUT2D eigenvalue weighted by Gasteiger charge is 2.38. The average Bonchev–Trinajstić information content (AvgIpc) is 3.16. The van der Waals surface area contributed by atoms with Gasteiger partial charge in [-0.1, -0.05) is 11.3 Å². The molecule has 12 heteroatoms. The number of alkyl halides is 2. The number of aromatic nitrogens is 3. The molecule has 1 saturated heterocycles. The predicted octanol–water partition coefficient (Wildman–Crippen LogP) is 0.249. The smallest absolute Gasteiger partial charge is 0.328 e. The minimum atomic E-state index is -3.34. The molecule has 1 fully saturated rings. The number of piperazine rings is 1. The van der Waals surface area contributed by atoms with Crippen LogP contribution in [-0.4, -0.2) is 91.5 Å². The molecule has 3 rings (SSSR count). The molecule has 2 heterocycles. The van der Waals surface area contributed by atoms with E-state index in [-0.39, 0.29) is 30.3 Å². The van der Waals surface area contributed by atoms with Crippen LogP contribution in [0.2, 0.25) is 0 Å². The van der Waals surface area contributed by atoms with Crippen molar-refractivity contribution in [3.05, 3.63) is 35.5 Å². The van der Waals surface area contributed by atoms with Crippen LogP contribution in [0.1, 0.15) is 15.9 Å². The van der Waals surface area contributed by atoms with Gasteiger partial charge in [-0.2, -0.15) is 0 Å². The van der Waals surface area contributed by atoms with Crippen molar-refractivity contribution in [2.75, 3.05) is 26.7 Å². The van der Waals surface area contributed by atoms with Crippen LogP contribution in [0, 0.1) is 6.92 Å². The molecule has 1 aliphatic heterocycles. The second-order valence-electron chi connectivity index (χ2n) is 7.41. The summed E-state index contributed by atoms with van der Waals surface area (Å²) in [6, 6.07) is 3.43. The summed E-state index contributed by atoms with van der Waals surface area (Å²) in [6.45, 7) is -0.974. The molecule has 1 aromatic carbocycles. The lowest BCUT2D eigenvalue weighted by molar-refractivity contribution is -0.149. The molecule has 31 heavy (non-hydrogen) atoms. The normalized spacial score (nSPS) is 17.2. The summed E-state index contributed by atoms with van der Waals surface area (Å²) in [5.74, 6) is -5.50. The topological polar surface area (TPSA) is 129 Å². The quantitative estimate of drug-likeness (QED) is 0.663. The monoisotopic (exact) mass is 437 g/mol. The van der Waals surface area contributed by atoms with E-state index >= 15 is 0 Å². The van der Waals surface area contributed by atoms with E-state index in [4.69, 9.17) is 5.11 Å². The number of rotatable bonds is 6. The Morgan fingerprint density at radius 3 is 2.65 bits per heavy atom. The van der Waals surface area contributed by atoms with E-state index in [0.717, 1.165) is 9.58 Å². The highest BCUT2D eigenvalue weighted by Crippen LogP contribution is 2.24. The van der Waals surface area contributed by atoms with Gasteiger partial charge in [0, 0.05) is 18.2 Å². The van der Waals surface area contributed by atoms with E-state index in [1.165, 1.54) is 30.3 Å². The lowest BCUT2D eigenvalue weighted by Crippen LogP contribution is -2.59. The Morgan fingerprint density at radius 1 is 1.32 bits per heavy atom. The molecular formula is C19H21F2N5O5. The van der Waals surface area contributed by atoms with Gasteiger partial charge in [0.1, 0.15) is 31.4 Å². The molecule has 2 amide bonds. The van der Waals surface area contributed by atoms with Crippen molar-refractivity contribution in [3.8, 4) is 11.3 Å². The van der Waals surface area contributed by atoms with Gasteiger partial charge in [-0.05, 0) is 24.6 Å². The fourth-order valence-electron chi connectivity index (χ4n) is 3.27. The van der Waals surface area contributed by atoms with Gasteiger partial charge in [0.15, 0.2) is 0 Å². The van der Waals surface area contributed by atoms with Crippen molar-refractivity contribution < 1.29 is 33.4 Å². The van der Waals surface area contributed by atoms with Crippen molar-refractivity contribution in [2.24, 2.45) is 0 Å². The largest absolute Gasteiger partial charge is 0.480 e. The van der Waals surface area contributed by atoms with E-state index in [2.05, 4.69) is 10.3 Å². The molecule has 0 spiro atoms. The third-order valence-electron chi connectivity index (χ3n) is 5.02. The lowest BCUT2D eigenvalue weighted by atomic mass is 10.0. The Kier molecular flexibility index (Phi) is 6.02. The summed E-state index contributed by atoms with van der Waals surface area (Å²) in [7, 11) is 1.48. The Balaban J connectivity index is 1.84. The van der Waals surface area contributed by atoms with Crippen LogP contribution in [0.3, 0.4) is 0 Å². The van der Waals surface area contributed by atoms with Gasteiger partial charge < -0.3 is 20.0 Å². The number of hydrogen-bond donors (Lipinski definition) is 2. The Labute approximate surface area is 175 Å². The number of carbonyl (C=O) groups is 3. The summed E-state index contributed by atoms with van der Waals surface area (Å²) in [5.41, 5.74) is 1.51. The molecule has 0 radical (unpaired) electrons. The number of hydrogen-bond acceptors (Lipinski definition) is 6. The number of aryl methyl sites for hydroxylation is 1. The van der Waals surface area contributed by atoms with Crippen molar-refractivity contribution >= 4 is 17.8 Å². The van der Waals surface area contributed by atoms with Crippen molar-refractivity contribution in [1.82, 2.24) is 24.8 Å². The standard InChI is InChI=1S/C19H21F2N5O5/c1-11-5-12(14-6-25(23-22-14)9-19(20,21)10-27)3-4-13(11)17(29)26-8-16(28)24(2)7-15(26)18(30)31/h3-6,15,27H,7-10H2,1-2H3,(H,30,31). The number of aliphatic hydroxyl groups excluding tert-OH is 1. The predicted molar refractivity (Wildman–Crippen MR) is 102 cm³/mol. The van der Waals surface area contributed by atoms with Crippen molar-refractivity contribution in [1.29, 1.82) is 0 Å². The van der Waals surface area contributed by atoms with Crippen LogP contribution in [-0.2, 0) is 16.1 Å². The number of aliphatic hydroxyl groups is 1. The third kappa shape index (κ3) is 4.68. The minimum absolute atomic E-state index is 0.112. The van der Waals surface area contributed by atoms with Crippen LogP contribution in [0.4, 0.5) is 8.78 Å². The van der Waals surface area contributed by atoms with Crippen molar-refractivity contribution in [3.63, 3.8) is 0 Å². The maximum absolute atomic E-state index is 13.3. The van der Waals surface area contributed by atoms with E-state index < -0.39 is 37.0 Å². The van der Waals surface area contributed by atoms with Gasteiger partial charge >= 0.3 is 5.97 Å². The first-order valence-electron chi connectivity index (χ1n) is 9.30. The average molecular weight is 437 g/mol. The molecule has 0 bridgehead atoms. The molecule has 0 aliphatic carbocycles. The molecule has 1 atom stereocenters. The fourth-order valence-corrected chi connectivity index (χ4v) is 3.27. The van der Waals surface area contributed by atoms with Crippen LogP contribution in [0.25, 0.3) is 11.3 Å². The van der Waals surface area contributed by atoms with Crippen LogP contribution < -0.4 is 0 Å². The molecule has 1 unspecified atom stereocenters. The van der Waals surface area contributed by atoms with E-state index in [1.54, 1.807) is 13.0 Å². The zero-order valence-corrected chi connectivity index (χ0v) is 16.8. The van der Waals surface area contributed by atoms with Crippen LogP contribution in [0.5, 0.6) is 0 Å². The zero-order valence-electron chi connectivity index (χ0n) is 16.8. The molecule has 10 nitrogen and oxygen atoms in total. The van der Waals surface area contributed by atoms with Gasteiger partial charge in [-0.25, -0.2) is 18.3 Å². The SMILES string of the molecule is Cc1cc(-c2cn(CC(F)(F)CO)nn2)ccc1C(=O)N1CC(=O)N(C)CC1C(=O)O. The fraction of sp³-hybridized carbons (Fsp3) is 0.421. The van der Waals surface area contributed by atoms with Gasteiger partial charge in [0.25, 0.3) is 11.8 Å². The number of carboxylic acid groups (broad SMARTS) is 1. The first kappa shape index (κ1) is 22.3. The number of benzene rings is 1. The van der Waals surface area contributed by atoms with Gasteiger partial charge in [0.05, 0.1) is 12.7 Å². The zero-order chi connectivity index (χ0) is 22.9. The Bertz CT molecular complexity index is 1020. The van der Waals surface area contributed by atoms with E-state index in [9.17, 15) is 28.3 Å². The second-order valence-corrected chi connectivity index (χ2v) is 7.41. The number of carbonyl (C=O) groups excluding carboxylic acids is 2. The number of aliphatic carboxylic acids is 1. The lowest BCUT2D eigenvalue weighted by Gasteiger charge is -2.37. The van der Waals surface area contributed by atoms with Gasteiger partial charge in [-0.3, -0.25) is 9.59 Å². The van der Waals surface area contributed by atoms with Crippen LogP contribution in [0.15, 0.2) is 24.4 Å². The summed E-state index contributed by atoms with van der Waals surface area (Å²) >= 11 is 0. The van der Waals surface area contributed by atoms with E-state index in [0.29, 0.717) is 11.1 Å². The first-order valence-corrected chi connectivity index (χ1v) is 9.30. The summed E-state index contributed by atoms with van der Waals surface area (Å²) in [4.78, 5) is 38.9. The molecule has 1 aliphatic rings. The molecule has 2 N–H and O–H groups in total. The molecular weight excluding hydrogens is 416 g/mol. The maximum Gasteiger partial charge on any atom is 0.328 e. The van der Waals surface area contributed by atoms with Gasteiger partial charge in [-0.15, -0.1) is 5.10 Å². The van der Waals surface area contributed by atoms with Crippen molar-refractivity contribution in [2.45, 2.75) is 25.4 Å². The molecule has 1 aromatic heterocycles. The highest BCUT2D eigenvalue weighted by molar-refractivity contribution is 6.01. The number of amides is 2. The maximum atomic E-state index is 13.3. The number of carboxylic acids is 1.